The van der Waals surface area contributed by atoms with Gasteiger partial charge in [0.15, 0.2) is 0 Å². The van der Waals surface area contributed by atoms with Gasteiger partial charge in [0.1, 0.15) is 16.5 Å². The number of rotatable bonds is 3. The number of hydrogen-bond acceptors (Lipinski definition) is 5. The molecule has 0 fully saturated rings. The summed E-state index contributed by atoms with van der Waals surface area (Å²) in [5.41, 5.74) is -1.16. The average molecular weight is 481 g/mol. The minimum Gasteiger partial charge on any atom is -0.325 e. The van der Waals surface area contributed by atoms with Crippen molar-refractivity contribution >= 4 is 22.8 Å². The van der Waals surface area contributed by atoms with E-state index in [1.54, 1.807) is 29.2 Å². The number of hydrogen-bond donors (Lipinski definition) is 0. The molecule has 0 bridgehead atoms. The standard InChI is InChI=1S/C21H13F6N5S/c22-20(23,24)12-1-2-17(14(11-12)21(25,26)27)31-8-4-13-16(3-6-28-18(13)31)32-9-5-15(30-32)19-29-7-10-33-19/h1-3,5-7,9-11H,4,8H2. The summed E-state index contributed by atoms with van der Waals surface area (Å²) in [5.74, 6) is 0.254. The van der Waals surface area contributed by atoms with Crippen LogP contribution in [0.5, 0.6) is 0 Å². The Morgan fingerprint density at radius 2 is 1.70 bits per heavy atom. The Labute approximate surface area is 186 Å². The van der Waals surface area contributed by atoms with Gasteiger partial charge in [0.05, 0.1) is 22.5 Å². The molecule has 0 atom stereocenters. The topological polar surface area (TPSA) is 46.8 Å². The van der Waals surface area contributed by atoms with Crippen LogP contribution in [0.15, 0.2) is 54.3 Å². The predicted molar refractivity (Wildman–Crippen MR) is 110 cm³/mol. The first kappa shape index (κ1) is 21.4. The van der Waals surface area contributed by atoms with Crippen molar-refractivity contribution in [2.24, 2.45) is 0 Å². The minimum absolute atomic E-state index is 0.133. The highest BCUT2D eigenvalue weighted by atomic mass is 32.1. The number of aromatic nitrogens is 4. The number of benzene rings is 1. The van der Waals surface area contributed by atoms with Crippen LogP contribution < -0.4 is 4.90 Å². The fourth-order valence-electron chi connectivity index (χ4n) is 3.82. The van der Waals surface area contributed by atoms with Crippen LogP contribution in [0.25, 0.3) is 16.4 Å². The maximum Gasteiger partial charge on any atom is 0.418 e. The molecule has 12 heteroatoms. The Kier molecular flexibility index (Phi) is 4.92. The number of anilines is 2. The first-order chi connectivity index (χ1) is 15.6. The van der Waals surface area contributed by atoms with Gasteiger partial charge in [-0.3, -0.25) is 0 Å². The van der Waals surface area contributed by atoms with Crippen LogP contribution in [-0.2, 0) is 18.8 Å². The normalized spacial score (nSPS) is 14.1. The third-order valence-electron chi connectivity index (χ3n) is 5.26. The molecule has 0 N–H and O–H groups in total. The van der Waals surface area contributed by atoms with E-state index in [9.17, 15) is 26.3 Å². The van der Waals surface area contributed by atoms with E-state index in [1.807, 2.05) is 5.38 Å². The molecule has 1 aromatic carbocycles. The SMILES string of the molecule is FC(F)(F)c1ccc(N2CCc3c(-n4ccc(-c5nccs5)n4)ccnc32)c(C(F)(F)F)c1. The lowest BCUT2D eigenvalue weighted by Gasteiger charge is -2.24. The van der Waals surface area contributed by atoms with Gasteiger partial charge >= 0.3 is 12.4 Å². The van der Waals surface area contributed by atoms with Crippen LogP contribution in [-0.4, -0.2) is 26.3 Å². The van der Waals surface area contributed by atoms with Crippen molar-refractivity contribution in [2.45, 2.75) is 18.8 Å². The highest BCUT2D eigenvalue weighted by Crippen LogP contribution is 2.44. The molecular weight excluding hydrogens is 468 g/mol. The van der Waals surface area contributed by atoms with Crippen LogP contribution in [0.2, 0.25) is 0 Å². The maximum absolute atomic E-state index is 13.7. The summed E-state index contributed by atoms with van der Waals surface area (Å²) in [7, 11) is 0. The van der Waals surface area contributed by atoms with Gasteiger partial charge in [0, 0.05) is 36.1 Å². The number of pyridine rings is 1. The largest absolute Gasteiger partial charge is 0.418 e. The zero-order valence-corrected chi connectivity index (χ0v) is 17.3. The second-order valence-corrected chi connectivity index (χ2v) is 8.14. The monoisotopic (exact) mass is 481 g/mol. The smallest absolute Gasteiger partial charge is 0.325 e. The van der Waals surface area contributed by atoms with E-state index in [0.29, 0.717) is 29.4 Å². The van der Waals surface area contributed by atoms with Crippen LogP contribution >= 0.6 is 11.3 Å². The second-order valence-electron chi connectivity index (χ2n) is 7.24. The van der Waals surface area contributed by atoms with Gasteiger partial charge in [-0.2, -0.15) is 31.4 Å². The summed E-state index contributed by atoms with van der Waals surface area (Å²) in [6.45, 7) is 0.133. The van der Waals surface area contributed by atoms with Crippen LogP contribution in [0, 0.1) is 0 Å². The molecular formula is C21H13F6N5S. The lowest BCUT2D eigenvalue weighted by atomic mass is 10.1. The van der Waals surface area contributed by atoms with Crippen molar-refractivity contribution in [1.29, 1.82) is 0 Å². The molecule has 170 valence electrons. The van der Waals surface area contributed by atoms with Crippen molar-refractivity contribution in [3.05, 3.63) is 71.0 Å². The van der Waals surface area contributed by atoms with E-state index in [0.717, 1.165) is 11.1 Å². The number of thiazole rings is 1. The molecule has 0 saturated carbocycles. The molecule has 0 saturated heterocycles. The molecule has 0 unspecified atom stereocenters. The van der Waals surface area contributed by atoms with Crippen molar-refractivity contribution < 1.29 is 26.3 Å². The number of nitrogens with zero attached hydrogens (tertiary/aromatic N) is 5. The molecule has 3 aromatic heterocycles. The van der Waals surface area contributed by atoms with E-state index in [4.69, 9.17) is 0 Å². The van der Waals surface area contributed by atoms with Gasteiger partial charge in [-0.05, 0) is 36.8 Å². The van der Waals surface area contributed by atoms with Gasteiger partial charge in [-0.15, -0.1) is 11.3 Å². The first-order valence-electron chi connectivity index (χ1n) is 9.63. The summed E-state index contributed by atoms with van der Waals surface area (Å²) in [4.78, 5) is 9.75. The van der Waals surface area contributed by atoms with Crippen LogP contribution in [0.1, 0.15) is 16.7 Å². The predicted octanol–water partition coefficient (Wildman–Crippen LogP) is 6.12. The average Bonchev–Trinajstić information content (AvgIpc) is 3.51. The molecule has 4 aromatic rings. The van der Waals surface area contributed by atoms with E-state index < -0.39 is 23.5 Å². The highest BCUT2D eigenvalue weighted by Gasteiger charge is 2.40. The van der Waals surface area contributed by atoms with Crippen molar-refractivity contribution in [3.63, 3.8) is 0 Å². The lowest BCUT2D eigenvalue weighted by molar-refractivity contribution is -0.142. The fourth-order valence-corrected chi connectivity index (χ4v) is 4.42. The van der Waals surface area contributed by atoms with Gasteiger partial charge in [-0.1, -0.05) is 0 Å². The molecule has 4 heterocycles. The fraction of sp³-hybridized carbons (Fsp3) is 0.190. The molecule has 1 aliphatic rings. The zero-order chi connectivity index (χ0) is 23.4. The summed E-state index contributed by atoms with van der Waals surface area (Å²) in [5, 5.41) is 7.05. The lowest BCUT2D eigenvalue weighted by Crippen LogP contribution is -2.21. The summed E-state index contributed by atoms with van der Waals surface area (Å²) in [6, 6.07) is 5.11. The number of alkyl halides is 6. The zero-order valence-electron chi connectivity index (χ0n) is 16.5. The van der Waals surface area contributed by atoms with E-state index >= 15 is 0 Å². The first-order valence-corrected chi connectivity index (χ1v) is 10.5. The third kappa shape index (κ3) is 3.84. The summed E-state index contributed by atoms with van der Waals surface area (Å²) < 4.78 is 81.8. The van der Waals surface area contributed by atoms with Crippen molar-refractivity contribution in [3.8, 4) is 16.4 Å². The van der Waals surface area contributed by atoms with Crippen molar-refractivity contribution in [1.82, 2.24) is 19.7 Å². The molecule has 0 amide bonds. The van der Waals surface area contributed by atoms with Crippen LogP contribution in [0.3, 0.4) is 0 Å². The molecule has 33 heavy (non-hydrogen) atoms. The maximum atomic E-state index is 13.7. The highest BCUT2D eigenvalue weighted by molar-refractivity contribution is 7.13. The molecule has 1 aliphatic heterocycles. The Hall–Kier alpha value is -3.41. The molecule has 5 rings (SSSR count). The Morgan fingerprint density at radius 3 is 2.39 bits per heavy atom. The van der Waals surface area contributed by atoms with E-state index in [-0.39, 0.29) is 24.1 Å². The Balaban J connectivity index is 1.57. The molecule has 0 aliphatic carbocycles. The minimum atomic E-state index is -4.97. The Morgan fingerprint density at radius 1 is 0.879 bits per heavy atom. The quantitative estimate of drug-likeness (QED) is 0.331. The second kappa shape index (κ2) is 7.58. The van der Waals surface area contributed by atoms with Crippen LogP contribution in [0.4, 0.5) is 37.8 Å². The molecule has 5 nitrogen and oxygen atoms in total. The third-order valence-corrected chi connectivity index (χ3v) is 6.05. The molecule has 0 radical (unpaired) electrons. The summed E-state index contributed by atoms with van der Waals surface area (Å²) >= 11 is 1.42. The number of halogens is 6. The van der Waals surface area contributed by atoms with E-state index in [1.165, 1.54) is 22.4 Å². The van der Waals surface area contributed by atoms with E-state index in [2.05, 4.69) is 15.1 Å². The Bertz CT molecular complexity index is 1310. The van der Waals surface area contributed by atoms with Gasteiger partial charge in [0.25, 0.3) is 0 Å². The summed E-state index contributed by atoms with van der Waals surface area (Å²) in [6.07, 6.45) is -4.70. The number of fused-ring (bicyclic) bond motifs is 1. The van der Waals surface area contributed by atoms with Gasteiger partial charge in [-0.25, -0.2) is 14.6 Å². The van der Waals surface area contributed by atoms with Gasteiger partial charge < -0.3 is 4.90 Å². The molecule has 0 spiro atoms. The van der Waals surface area contributed by atoms with Gasteiger partial charge in [0.2, 0.25) is 0 Å². The van der Waals surface area contributed by atoms with Crippen molar-refractivity contribution in [2.75, 3.05) is 11.4 Å².